The third-order valence-electron chi connectivity index (χ3n) is 4.77. The van der Waals surface area contributed by atoms with Gasteiger partial charge in [-0.2, -0.15) is 4.31 Å². The minimum atomic E-state index is -3.63. The van der Waals surface area contributed by atoms with E-state index < -0.39 is 10.0 Å². The van der Waals surface area contributed by atoms with E-state index in [4.69, 9.17) is 4.74 Å². The lowest BCUT2D eigenvalue weighted by Crippen LogP contribution is -2.40. The van der Waals surface area contributed by atoms with Crippen molar-refractivity contribution in [3.05, 3.63) is 36.9 Å². The van der Waals surface area contributed by atoms with Gasteiger partial charge < -0.3 is 10.1 Å². The number of thioether (sulfide) groups is 1. The van der Waals surface area contributed by atoms with Gasteiger partial charge in [0.2, 0.25) is 15.9 Å². The number of benzene rings is 1. The third kappa shape index (κ3) is 5.97. The topological polar surface area (TPSA) is 106 Å². The summed E-state index contributed by atoms with van der Waals surface area (Å²) < 4.78 is 34.6. The Balaban J connectivity index is 1.82. The van der Waals surface area contributed by atoms with E-state index in [-0.39, 0.29) is 16.6 Å². The summed E-state index contributed by atoms with van der Waals surface area (Å²) in [6, 6.07) is 6.68. The number of rotatable bonds is 10. The van der Waals surface area contributed by atoms with Crippen molar-refractivity contribution >= 4 is 27.7 Å². The summed E-state index contributed by atoms with van der Waals surface area (Å²) in [6.07, 6.45) is 1.71. The Kier molecular flexibility index (Phi) is 8.46. The minimum Gasteiger partial charge on any atom is -0.379 e. The van der Waals surface area contributed by atoms with Gasteiger partial charge in [0.15, 0.2) is 11.0 Å². The average Bonchev–Trinajstić information content (AvgIpc) is 3.19. The molecule has 2 heterocycles. The number of hydrogen-bond donors (Lipinski definition) is 1. The number of sulfonamides is 1. The van der Waals surface area contributed by atoms with Gasteiger partial charge in [0.05, 0.1) is 23.9 Å². The Bertz CT molecular complexity index is 1050. The standard InChI is InChI=1S/C21H29N5O4S2/c1-4-8-26-20(23-24-21(26)31-15-19(27)22-14-16(2)3)17-6-5-7-18(13-17)32(28,29)25-9-11-30-12-10-25/h4-7,13,16H,1,8-12,14-15H2,2-3H3,(H,22,27). The Hall–Kier alpha value is -2.21. The van der Waals surface area contributed by atoms with Crippen molar-refractivity contribution in [2.75, 3.05) is 38.6 Å². The van der Waals surface area contributed by atoms with Crippen LogP contribution in [0.3, 0.4) is 0 Å². The minimum absolute atomic E-state index is 0.0722. The number of nitrogens with one attached hydrogen (secondary N) is 1. The van der Waals surface area contributed by atoms with Crippen LogP contribution in [0.2, 0.25) is 0 Å². The number of ether oxygens (including phenoxy) is 1. The number of aromatic nitrogens is 3. The summed E-state index contributed by atoms with van der Waals surface area (Å²) in [4.78, 5) is 12.3. The van der Waals surface area contributed by atoms with Crippen LogP contribution in [0, 0.1) is 5.92 Å². The normalized spacial score (nSPS) is 15.1. The quantitative estimate of drug-likeness (QED) is 0.410. The molecule has 0 saturated carbocycles. The zero-order valence-electron chi connectivity index (χ0n) is 18.4. The third-order valence-corrected chi connectivity index (χ3v) is 7.63. The number of allylic oxidation sites excluding steroid dienone is 1. The van der Waals surface area contributed by atoms with Crippen LogP contribution in [0.1, 0.15) is 13.8 Å². The van der Waals surface area contributed by atoms with Gasteiger partial charge in [-0.25, -0.2) is 8.42 Å². The highest BCUT2D eigenvalue weighted by molar-refractivity contribution is 7.99. The number of carbonyl (C=O) groups is 1. The lowest BCUT2D eigenvalue weighted by atomic mass is 10.2. The second kappa shape index (κ2) is 11.1. The molecule has 1 aliphatic heterocycles. The predicted octanol–water partition coefficient (Wildman–Crippen LogP) is 2.02. The molecule has 9 nitrogen and oxygen atoms in total. The average molecular weight is 480 g/mol. The van der Waals surface area contributed by atoms with Gasteiger partial charge in [-0.15, -0.1) is 16.8 Å². The molecule has 32 heavy (non-hydrogen) atoms. The lowest BCUT2D eigenvalue weighted by Gasteiger charge is -2.26. The van der Waals surface area contributed by atoms with E-state index in [1.54, 1.807) is 30.3 Å². The van der Waals surface area contributed by atoms with Gasteiger partial charge >= 0.3 is 0 Å². The predicted molar refractivity (Wildman–Crippen MR) is 124 cm³/mol. The summed E-state index contributed by atoms with van der Waals surface area (Å²) in [5, 5.41) is 12.0. The van der Waals surface area contributed by atoms with Crippen molar-refractivity contribution in [2.45, 2.75) is 30.4 Å². The van der Waals surface area contributed by atoms with Gasteiger partial charge in [-0.3, -0.25) is 9.36 Å². The fraction of sp³-hybridized carbons (Fsp3) is 0.476. The molecule has 11 heteroatoms. The molecular formula is C21H29N5O4S2. The summed E-state index contributed by atoms with van der Waals surface area (Å²) >= 11 is 1.28. The monoisotopic (exact) mass is 479 g/mol. The Labute approximate surface area is 193 Å². The number of morpholine rings is 1. The lowest BCUT2D eigenvalue weighted by molar-refractivity contribution is -0.118. The first-order valence-corrected chi connectivity index (χ1v) is 12.9. The summed E-state index contributed by atoms with van der Waals surface area (Å²) in [7, 11) is -3.63. The highest BCUT2D eigenvalue weighted by Crippen LogP contribution is 2.27. The highest BCUT2D eigenvalue weighted by atomic mass is 32.2. The zero-order chi connectivity index (χ0) is 23.1. The number of hydrogen-bond acceptors (Lipinski definition) is 7. The van der Waals surface area contributed by atoms with E-state index in [0.29, 0.717) is 61.9 Å². The van der Waals surface area contributed by atoms with Gasteiger partial charge in [0.1, 0.15) is 0 Å². The SMILES string of the molecule is C=CCn1c(SCC(=O)NCC(C)C)nnc1-c1cccc(S(=O)(=O)N2CCOCC2)c1. The largest absolute Gasteiger partial charge is 0.379 e. The summed E-state index contributed by atoms with van der Waals surface area (Å²) in [6.45, 7) is 10.4. The van der Waals surface area contributed by atoms with Crippen LogP contribution in [0.25, 0.3) is 11.4 Å². The molecule has 1 aromatic carbocycles. The number of carbonyl (C=O) groups excluding carboxylic acids is 1. The van der Waals surface area contributed by atoms with E-state index in [1.165, 1.54) is 16.1 Å². The molecular weight excluding hydrogens is 450 g/mol. The van der Waals surface area contributed by atoms with Gasteiger partial charge in [-0.1, -0.05) is 43.8 Å². The van der Waals surface area contributed by atoms with Crippen LogP contribution >= 0.6 is 11.8 Å². The van der Waals surface area contributed by atoms with Crippen molar-refractivity contribution in [3.8, 4) is 11.4 Å². The van der Waals surface area contributed by atoms with E-state index in [2.05, 4.69) is 22.1 Å². The molecule has 0 unspecified atom stereocenters. The van der Waals surface area contributed by atoms with Crippen molar-refractivity contribution < 1.29 is 17.9 Å². The van der Waals surface area contributed by atoms with Gasteiger partial charge in [0.25, 0.3) is 0 Å². The molecule has 1 aromatic heterocycles. The van der Waals surface area contributed by atoms with Crippen LogP contribution < -0.4 is 5.32 Å². The molecule has 0 bridgehead atoms. The molecule has 3 rings (SSSR count). The summed E-state index contributed by atoms with van der Waals surface area (Å²) in [5.74, 6) is 1.04. The molecule has 1 N–H and O–H groups in total. The van der Waals surface area contributed by atoms with Crippen LogP contribution in [-0.4, -0.2) is 72.0 Å². The van der Waals surface area contributed by atoms with Crippen LogP contribution in [0.4, 0.5) is 0 Å². The maximum Gasteiger partial charge on any atom is 0.243 e. The Morgan fingerprint density at radius 3 is 2.75 bits per heavy atom. The first-order valence-electron chi connectivity index (χ1n) is 10.4. The maximum atomic E-state index is 13.0. The molecule has 0 aliphatic carbocycles. The first-order chi connectivity index (χ1) is 15.3. The Morgan fingerprint density at radius 1 is 1.31 bits per heavy atom. The molecule has 1 fully saturated rings. The van der Waals surface area contributed by atoms with E-state index >= 15 is 0 Å². The first kappa shape index (κ1) is 24.4. The van der Waals surface area contributed by atoms with Gasteiger partial charge in [-0.05, 0) is 18.1 Å². The smallest absolute Gasteiger partial charge is 0.243 e. The van der Waals surface area contributed by atoms with Crippen LogP contribution in [-0.2, 0) is 26.1 Å². The highest BCUT2D eigenvalue weighted by Gasteiger charge is 2.27. The molecule has 0 spiro atoms. The number of nitrogens with zero attached hydrogens (tertiary/aromatic N) is 4. The van der Waals surface area contributed by atoms with E-state index in [1.807, 2.05) is 18.4 Å². The second-order valence-corrected chi connectivity index (χ2v) is 10.6. The van der Waals surface area contributed by atoms with Crippen molar-refractivity contribution in [1.82, 2.24) is 24.4 Å². The molecule has 1 aliphatic rings. The number of amides is 1. The molecule has 2 aromatic rings. The fourth-order valence-corrected chi connectivity index (χ4v) is 5.37. The van der Waals surface area contributed by atoms with Crippen LogP contribution in [0.5, 0.6) is 0 Å². The van der Waals surface area contributed by atoms with Crippen molar-refractivity contribution in [1.29, 1.82) is 0 Å². The van der Waals surface area contributed by atoms with Gasteiger partial charge in [0, 0.05) is 31.7 Å². The molecule has 0 atom stereocenters. The molecule has 174 valence electrons. The molecule has 0 radical (unpaired) electrons. The Morgan fingerprint density at radius 2 is 2.06 bits per heavy atom. The maximum absolute atomic E-state index is 13.0. The summed E-state index contributed by atoms with van der Waals surface area (Å²) in [5.41, 5.74) is 0.629. The fourth-order valence-electron chi connectivity index (χ4n) is 3.13. The second-order valence-electron chi connectivity index (χ2n) is 7.74. The zero-order valence-corrected chi connectivity index (χ0v) is 20.0. The van der Waals surface area contributed by atoms with E-state index in [9.17, 15) is 13.2 Å². The molecule has 1 amide bonds. The van der Waals surface area contributed by atoms with Crippen LogP contribution in [0.15, 0.2) is 47.0 Å². The van der Waals surface area contributed by atoms with Crippen molar-refractivity contribution in [3.63, 3.8) is 0 Å². The molecule has 1 saturated heterocycles. The van der Waals surface area contributed by atoms with E-state index in [0.717, 1.165) is 0 Å². The van der Waals surface area contributed by atoms with Crippen molar-refractivity contribution in [2.24, 2.45) is 5.92 Å².